The van der Waals surface area contributed by atoms with Gasteiger partial charge in [-0.05, 0) is 18.2 Å². The molecule has 0 atom stereocenters. The smallest absolute Gasteiger partial charge is 0.157 e. The van der Waals surface area contributed by atoms with Crippen molar-refractivity contribution >= 4 is 17.1 Å². The van der Waals surface area contributed by atoms with Crippen LogP contribution in [0.15, 0.2) is 42.5 Å². The number of hydrogen-bond acceptors (Lipinski definition) is 2. The van der Waals surface area contributed by atoms with Crippen LogP contribution in [-0.2, 0) is 0 Å². The van der Waals surface area contributed by atoms with Crippen LogP contribution in [0.5, 0.6) is 11.5 Å². The molecule has 82 valence electrons. The van der Waals surface area contributed by atoms with Gasteiger partial charge in [0.1, 0.15) is 5.69 Å². The highest BCUT2D eigenvalue weighted by atomic mass is 35.5. The van der Waals surface area contributed by atoms with Crippen molar-refractivity contribution in [3.63, 3.8) is 0 Å². The summed E-state index contributed by atoms with van der Waals surface area (Å²) in [6, 6.07) is 13.7. The van der Waals surface area contributed by atoms with Crippen LogP contribution in [-0.4, -0.2) is 0 Å². The van der Waals surface area contributed by atoms with E-state index in [1.807, 2.05) is 42.5 Å². The first-order chi connectivity index (χ1) is 7.34. The fourth-order valence-electron chi connectivity index (χ4n) is 1.72. The minimum atomic E-state index is 0. The molecule has 3 rings (SSSR count). The van der Waals surface area contributed by atoms with Crippen molar-refractivity contribution in [3.05, 3.63) is 42.5 Å². The largest absolute Gasteiger partial charge is 1.00 e. The van der Waals surface area contributed by atoms with Gasteiger partial charge in [0, 0.05) is 6.07 Å². The number of hydrogen-bond donors (Lipinski definition) is 2. The van der Waals surface area contributed by atoms with E-state index in [0.29, 0.717) is 0 Å². The molecule has 0 aliphatic carbocycles. The summed E-state index contributed by atoms with van der Waals surface area (Å²) in [5.74, 6) is 1.69. The number of quaternary nitrogens is 1. The summed E-state index contributed by atoms with van der Waals surface area (Å²) in [7, 11) is 0. The first-order valence-corrected chi connectivity index (χ1v) is 4.83. The van der Waals surface area contributed by atoms with E-state index in [0.717, 1.165) is 28.6 Å². The number of nitrogens with one attached hydrogen (secondary N) is 1. The molecular formula is C12H11ClN2O. The summed E-state index contributed by atoms with van der Waals surface area (Å²) in [5.41, 5.74) is 6.85. The van der Waals surface area contributed by atoms with E-state index in [1.54, 1.807) is 0 Å². The molecule has 2 aromatic rings. The molecule has 0 fully saturated rings. The van der Waals surface area contributed by atoms with Gasteiger partial charge in [-0.15, -0.1) is 0 Å². The topological polar surface area (TPSA) is 48.9 Å². The Morgan fingerprint density at radius 2 is 1.69 bits per heavy atom. The van der Waals surface area contributed by atoms with E-state index in [-0.39, 0.29) is 12.4 Å². The van der Waals surface area contributed by atoms with Crippen LogP contribution in [0.3, 0.4) is 0 Å². The van der Waals surface area contributed by atoms with Crippen LogP contribution < -0.4 is 28.2 Å². The molecular weight excluding hydrogens is 224 g/mol. The summed E-state index contributed by atoms with van der Waals surface area (Å²) >= 11 is 0. The zero-order valence-electron chi connectivity index (χ0n) is 8.53. The van der Waals surface area contributed by atoms with Crippen molar-refractivity contribution < 1.29 is 22.9 Å². The van der Waals surface area contributed by atoms with Gasteiger partial charge >= 0.3 is 0 Å². The number of anilines is 2. The molecule has 0 amide bonds. The van der Waals surface area contributed by atoms with Crippen LogP contribution in [0.4, 0.5) is 17.1 Å². The molecule has 3 nitrogen and oxygen atoms in total. The number of rotatable bonds is 0. The van der Waals surface area contributed by atoms with Crippen molar-refractivity contribution in [1.82, 2.24) is 0 Å². The molecule has 16 heavy (non-hydrogen) atoms. The van der Waals surface area contributed by atoms with Gasteiger partial charge in [-0.1, -0.05) is 18.2 Å². The van der Waals surface area contributed by atoms with Gasteiger partial charge in [-0.25, -0.2) is 0 Å². The summed E-state index contributed by atoms with van der Waals surface area (Å²) in [6.07, 6.45) is 0. The highest BCUT2D eigenvalue weighted by molar-refractivity contribution is 5.81. The molecule has 1 aliphatic rings. The standard InChI is InChI=1S/C12H10N2O.ClH/c13-8-4-3-7-11-12(8)14-9-5-1-2-6-10(9)15-11;/h1-7,14H,13H2;1H. The van der Waals surface area contributed by atoms with E-state index in [1.165, 1.54) is 0 Å². The summed E-state index contributed by atoms with van der Waals surface area (Å²) in [6.45, 7) is 0. The average Bonchev–Trinajstić information content (AvgIpc) is 2.27. The molecule has 0 radical (unpaired) electrons. The number of fused-ring (bicyclic) bond motifs is 2. The number of ether oxygens (including phenoxy) is 1. The van der Waals surface area contributed by atoms with Gasteiger partial charge in [-0.3, -0.25) is 0 Å². The molecule has 0 spiro atoms. The van der Waals surface area contributed by atoms with Crippen molar-refractivity contribution in [3.8, 4) is 11.5 Å². The van der Waals surface area contributed by atoms with Gasteiger partial charge < -0.3 is 28.2 Å². The predicted molar refractivity (Wildman–Crippen MR) is 58.8 cm³/mol. The van der Waals surface area contributed by atoms with Crippen LogP contribution in [0.25, 0.3) is 0 Å². The summed E-state index contributed by atoms with van der Waals surface area (Å²) in [4.78, 5) is 0. The third kappa shape index (κ3) is 1.60. The van der Waals surface area contributed by atoms with Gasteiger partial charge in [-0.2, -0.15) is 0 Å². The van der Waals surface area contributed by atoms with Crippen LogP contribution >= 0.6 is 0 Å². The van der Waals surface area contributed by atoms with Crippen molar-refractivity contribution in [2.24, 2.45) is 0 Å². The Labute approximate surface area is 99.6 Å². The Balaban J connectivity index is 0.000000963. The van der Waals surface area contributed by atoms with Gasteiger partial charge in [0.25, 0.3) is 0 Å². The Kier molecular flexibility index (Phi) is 2.73. The second-order valence-electron chi connectivity index (χ2n) is 3.51. The van der Waals surface area contributed by atoms with E-state index in [9.17, 15) is 0 Å². The molecule has 4 N–H and O–H groups in total. The molecule has 0 saturated carbocycles. The predicted octanol–water partition coefficient (Wildman–Crippen LogP) is -0.587. The SMILES string of the molecule is [Cl-].[NH3+]c1cccc2c1Nc1ccccc1O2. The maximum atomic E-state index is 5.76. The number of halogens is 1. The molecule has 0 aromatic heterocycles. The zero-order chi connectivity index (χ0) is 10.3. The van der Waals surface area contributed by atoms with E-state index in [2.05, 4.69) is 11.1 Å². The van der Waals surface area contributed by atoms with Crippen molar-refractivity contribution in [1.29, 1.82) is 0 Å². The lowest BCUT2D eigenvalue weighted by Crippen LogP contribution is -3.00. The molecule has 0 saturated heterocycles. The zero-order valence-corrected chi connectivity index (χ0v) is 9.29. The third-order valence-corrected chi connectivity index (χ3v) is 2.48. The average molecular weight is 235 g/mol. The lowest BCUT2D eigenvalue weighted by molar-refractivity contribution is -0.253. The third-order valence-electron chi connectivity index (χ3n) is 2.48. The van der Waals surface area contributed by atoms with Crippen molar-refractivity contribution in [2.75, 3.05) is 5.32 Å². The lowest BCUT2D eigenvalue weighted by atomic mass is 10.2. The molecule has 1 heterocycles. The fourth-order valence-corrected chi connectivity index (χ4v) is 1.72. The second kappa shape index (κ2) is 4.04. The summed E-state index contributed by atoms with van der Waals surface area (Å²) < 4.78 is 5.76. The van der Waals surface area contributed by atoms with Crippen LogP contribution in [0, 0.1) is 0 Å². The Morgan fingerprint density at radius 1 is 0.938 bits per heavy atom. The molecule has 0 bridgehead atoms. The van der Waals surface area contributed by atoms with Gasteiger partial charge in [0.2, 0.25) is 0 Å². The van der Waals surface area contributed by atoms with E-state index >= 15 is 0 Å². The Morgan fingerprint density at radius 3 is 2.56 bits per heavy atom. The first kappa shape index (κ1) is 10.8. The van der Waals surface area contributed by atoms with Crippen LogP contribution in [0.1, 0.15) is 0 Å². The van der Waals surface area contributed by atoms with Crippen molar-refractivity contribution in [2.45, 2.75) is 0 Å². The number of para-hydroxylation sites is 3. The second-order valence-corrected chi connectivity index (χ2v) is 3.51. The maximum Gasteiger partial charge on any atom is 0.157 e. The van der Waals surface area contributed by atoms with Gasteiger partial charge in [0.05, 0.1) is 5.69 Å². The summed E-state index contributed by atoms with van der Waals surface area (Å²) in [5, 5.41) is 3.32. The minimum Gasteiger partial charge on any atom is -1.00 e. The van der Waals surface area contributed by atoms with Gasteiger partial charge in [0.15, 0.2) is 17.2 Å². The van der Waals surface area contributed by atoms with E-state index < -0.39 is 0 Å². The highest BCUT2D eigenvalue weighted by Gasteiger charge is 2.18. The van der Waals surface area contributed by atoms with E-state index in [4.69, 9.17) is 4.74 Å². The Hall–Kier alpha value is -1.71. The molecule has 4 heteroatoms. The first-order valence-electron chi connectivity index (χ1n) is 4.83. The quantitative estimate of drug-likeness (QED) is 0.547. The Bertz CT molecular complexity index is 528. The maximum absolute atomic E-state index is 5.76. The monoisotopic (exact) mass is 234 g/mol. The van der Waals surface area contributed by atoms with Crippen LogP contribution in [0.2, 0.25) is 0 Å². The highest BCUT2D eigenvalue weighted by Crippen LogP contribution is 2.43. The number of benzene rings is 2. The molecule has 2 aromatic carbocycles. The normalized spacial score (nSPS) is 11.3. The molecule has 1 aliphatic heterocycles. The minimum absolute atomic E-state index is 0. The molecule has 0 unspecified atom stereocenters. The lowest BCUT2D eigenvalue weighted by Gasteiger charge is -2.21. The fraction of sp³-hybridized carbons (Fsp3) is 0.